The molecule has 1 fully saturated rings. The zero-order valence-corrected chi connectivity index (χ0v) is 14.5. The van der Waals surface area contributed by atoms with Gasteiger partial charge < -0.3 is 19.5 Å². The summed E-state index contributed by atoms with van der Waals surface area (Å²) < 4.78 is 10.3. The summed E-state index contributed by atoms with van der Waals surface area (Å²) in [5.74, 6) is 1.85. The number of carbonyl (C=O) groups excluding carboxylic acids is 1. The zero-order valence-electron chi connectivity index (χ0n) is 14.5. The van der Waals surface area contributed by atoms with Crippen LogP contribution < -0.4 is 5.32 Å². The Morgan fingerprint density at radius 1 is 1.43 bits per heavy atom. The van der Waals surface area contributed by atoms with Crippen LogP contribution in [0, 0.1) is 11.8 Å². The van der Waals surface area contributed by atoms with E-state index < -0.39 is 0 Å². The molecule has 2 heterocycles. The first-order chi connectivity index (χ1) is 11.2. The van der Waals surface area contributed by atoms with Crippen molar-refractivity contribution < 1.29 is 14.1 Å². The van der Waals surface area contributed by atoms with Crippen LogP contribution in [-0.4, -0.2) is 49.3 Å². The SMILES string of the molecule is CCN(CC)C(=O)CC1CCNCC1Cc1cc(COC)on1. The molecule has 6 nitrogen and oxygen atoms in total. The molecule has 1 aliphatic heterocycles. The van der Waals surface area contributed by atoms with E-state index in [0.717, 1.165) is 50.5 Å². The van der Waals surface area contributed by atoms with E-state index in [4.69, 9.17) is 9.26 Å². The van der Waals surface area contributed by atoms with Crippen LogP contribution in [0.3, 0.4) is 0 Å². The van der Waals surface area contributed by atoms with E-state index >= 15 is 0 Å². The quantitative estimate of drug-likeness (QED) is 0.791. The Hall–Kier alpha value is -1.40. The Bertz CT molecular complexity index is 485. The average molecular weight is 323 g/mol. The smallest absolute Gasteiger partial charge is 0.222 e. The first-order valence-corrected chi connectivity index (χ1v) is 8.59. The lowest BCUT2D eigenvalue weighted by Gasteiger charge is -2.32. The molecule has 130 valence electrons. The summed E-state index contributed by atoms with van der Waals surface area (Å²) in [4.78, 5) is 14.3. The van der Waals surface area contributed by atoms with Crippen LogP contribution in [-0.2, 0) is 22.6 Å². The van der Waals surface area contributed by atoms with Crippen LogP contribution >= 0.6 is 0 Å². The van der Waals surface area contributed by atoms with Gasteiger partial charge >= 0.3 is 0 Å². The second-order valence-electron chi connectivity index (χ2n) is 6.20. The summed E-state index contributed by atoms with van der Waals surface area (Å²) in [5.41, 5.74) is 0.950. The van der Waals surface area contributed by atoms with Gasteiger partial charge in [-0.15, -0.1) is 0 Å². The second-order valence-corrected chi connectivity index (χ2v) is 6.20. The molecule has 1 amide bonds. The maximum absolute atomic E-state index is 12.4. The Balaban J connectivity index is 1.95. The highest BCUT2D eigenvalue weighted by molar-refractivity contribution is 5.76. The maximum atomic E-state index is 12.4. The van der Waals surface area contributed by atoms with Crippen molar-refractivity contribution in [1.82, 2.24) is 15.4 Å². The van der Waals surface area contributed by atoms with Crippen molar-refractivity contribution in [3.05, 3.63) is 17.5 Å². The minimum absolute atomic E-state index is 0.270. The number of aromatic nitrogens is 1. The molecule has 1 saturated heterocycles. The van der Waals surface area contributed by atoms with Crippen LogP contribution in [0.25, 0.3) is 0 Å². The number of methoxy groups -OCH3 is 1. The number of rotatable bonds is 8. The molecule has 2 unspecified atom stereocenters. The van der Waals surface area contributed by atoms with Crippen molar-refractivity contribution in [3.63, 3.8) is 0 Å². The van der Waals surface area contributed by atoms with Gasteiger partial charge in [-0.1, -0.05) is 5.16 Å². The van der Waals surface area contributed by atoms with Gasteiger partial charge in [0.15, 0.2) is 5.76 Å². The standard InChI is InChI=1S/C17H29N3O3/c1-4-20(5-2)17(21)9-13-6-7-18-11-14(13)8-15-10-16(12-22-3)23-19-15/h10,13-14,18H,4-9,11-12H2,1-3H3. The Kier molecular flexibility index (Phi) is 7.05. The van der Waals surface area contributed by atoms with Gasteiger partial charge in [-0.2, -0.15) is 0 Å². The molecule has 0 radical (unpaired) electrons. The lowest BCUT2D eigenvalue weighted by atomic mass is 9.81. The van der Waals surface area contributed by atoms with Crippen LogP contribution in [0.2, 0.25) is 0 Å². The highest BCUT2D eigenvalue weighted by Gasteiger charge is 2.29. The van der Waals surface area contributed by atoms with Crippen LogP contribution in [0.5, 0.6) is 0 Å². The third-order valence-electron chi connectivity index (χ3n) is 4.68. The predicted octanol–water partition coefficient (Wildman–Crippen LogP) is 1.85. The van der Waals surface area contributed by atoms with E-state index in [1.807, 2.05) is 24.8 Å². The lowest BCUT2D eigenvalue weighted by molar-refractivity contribution is -0.132. The molecular formula is C17H29N3O3. The van der Waals surface area contributed by atoms with Crippen molar-refractivity contribution in [2.75, 3.05) is 33.3 Å². The fourth-order valence-electron chi connectivity index (χ4n) is 3.35. The van der Waals surface area contributed by atoms with Gasteiger partial charge in [-0.05, 0) is 51.6 Å². The summed E-state index contributed by atoms with van der Waals surface area (Å²) in [5, 5.41) is 7.57. The van der Waals surface area contributed by atoms with E-state index in [9.17, 15) is 4.79 Å². The molecule has 0 aromatic carbocycles. The van der Waals surface area contributed by atoms with Crippen LogP contribution in [0.4, 0.5) is 0 Å². The molecule has 0 saturated carbocycles. The summed E-state index contributed by atoms with van der Waals surface area (Å²) in [6.07, 6.45) is 2.52. The second kappa shape index (κ2) is 9.03. The van der Waals surface area contributed by atoms with Gasteiger partial charge in [-0.25, -0.2) is 0 Å². The topological polar surface area (TPSA) is 67.6 Å². The van der Waals surface area contributed by atoms with Gasteiger partial charge in [0.05, 0.1) is 5.69 Å². The molecule has 23 heavy (non-hydrogen) atoms. The minimum Gasteiger partial charge on any atom is -0.377 e. The molecule has 0 aliphatic carbocycles. The Morgan fingerprint density at radius 2 is 2.22 bits per heavy atom. The number of hydrogen-bond acceptors (Lipinski definition) is 5. The fourth-order valence-corrected chi connectivity index (χ4v) is 3.35. The molecule has 1 aromatic rings. The summed E-state index contributed by atoms with van der Waals surface area (Å²) in [6.45, 7) is 8.01. The van der Waals surface area contributed by atoms with Crippen molar-refractivity contribution in [3.8, 4) is 0 Å². The highest BCUT2D eigenvalue weighted by atomic mass is 16.5. The number of amides is 1. The number of ether oxygens (including phenoxy) is 1. The molecule has 2 rings (SSSR count). The zero-order chi connectivity index (χ0) is 16.7. The fraction of sp³-hybridized carbons (Fsp3) is 0.765. The van der Waals surface area contributed by atoms with E-state index in [2.05, 4.69) is 10.5 Å². The molecule has 1 N–H and O–H groups in total. The number of carbonyl (C=O) groups is 1. The molecule has 1 aromatic heterocycles. The van der Waals surface area contributed by atoms with Crippen molar-refractivity contribution >= 4 is 5.91 Å². The van der Waals surface area contributed by atoms with Crippen LogP contribution in [0.15, 0.2) is 10.6 Å². The molecule has 0 bridgehead atoms. The first kappa shape index (κ1) is 17.9. The third-order valence-corrected chi connectivity index (χ3v) is 4.68. The van der Waals surface area contributed by atoms with Gasteiger partial charge in [0, 0.05) is 32.7 Å². The van der Waals surface area contributed by atoms with Crippen LogP contribution in [0.1, 0.15) is 38.1 Å². The van der Waals surface area contributed by atoms with Gasteiger partial charge in [0.1, 0.15) is 6.61 Å². The maximum Gasteiger partial charge on any atom is 0.222 e. The van der Waals surface area contributed by atoms with Crippen molar-refractivity contribution in [1.29, 1.82) is 0 Å². The summed E-state index contributed by atoms with van der Waals surface area (Å²) in [6, 6.07) is 1.96. The number of hydrogen-bond donors (Lipinski definition) is 1. The van der Waals surface area contributed by atoms with Gasteiger partial charge in [-0.3, -0.25) is 4.79 Å². The number of nitrogens with zero attached hydrogens (tertiary/aromatic N) is 2. The van der Waals surface area contributed by atoms with Gasteiger partial charge in [0.2, 0.25) is 5.91 Å². The monoisotopic (exact) mass is 323 g/mol. The summed E-state index contributed by atoms with van der Waals surface area (Å²) in [7, 11) is 1.64. The van der Waals surface area contributed by atoms with Gasteiger partial charge in [0.25, 0.3) is 0 Å². The highest BCUT2D eigenvalue weighted by Crippen LogP contribution is 2.27. The molecule has 6 heteroatoms. The summed E-state index contributed by atoms with van der Waals surface area (Å²) >= 11 is 0. The van der Waals surface area contributed by atoms with E-state index in [-0.39, 0.29) is 5.91 Å². The van der Waals surface area contributed by atoms with Crippen molar-refractivity contribution in [2.24, 2.45) is 11.8 Å². The molecule has 0 spiro atoms. The molecular weight excluding hydrogens is 294 g/mol. The van der Waals surface area contributed by atoms with Crippen molar-refractivity contribution in [2.45, 2.75) is 39.7 Å². The molecule has 1 aliphatic rings. The first-order valence-electron chi connectivity index (χ1n) is 8.59. The largest absolute Gasteiger partial charge is 0.377 e. The van der Waals surface area contributed by atoms with E-state index in [1.54, 1.807) is 7.11 Å². The minimum atomic E-state index is 0.270. The normalized spacial score (nSPS) is 21.3. The lowest BCUT2D eigenvalue weighted by Crippen LogP contribution is -2.41. The number of nitrogens with one attached hydrogen (secondary N) is 1. The molecule has 2 atom stereocenters. The Labute approximate surface area is 138 Å². The van der Waals surface area contributed by atoms with E-state index in [0.29, 0.717) is 24.9 Å². The average Bonchev–Trinajstić information content (AvgIpc) is 2.98. The number of piperidine rings is 1. The Morgan fingerprint density at radius 3 is 2.91 bits per heavy atom. The predicted molar refractivity (Wildman–Crippen MR) is 87.9 cm³/mol. The van der Waals surface area contributed by atoms with E-state index in [1.165, 1.54) is 0 Å². The third kappa shape index (κ3) is 5.04.